The second-order valence-electron chi connectivity index (χ2n) is 17.5. The van der Waals surface area contributed by atoms with Crippen molar-refractivity contribution in [2.75, 3.05) is 0 Å². The molecule has 0 heterocycles. The third-order valence-electron chi connectivity index (χ3n) is 13.8. The Labute approximate surface area is 340 Å². The average Bonchev–Trinajstić information content (AvgIpc) is 3.65. The zero-order valence-electron chi connectivity index (χ0n) is 33.3. The van der Waals surface area contributed by atoms with Crippen molar-refractivity contribution < 1.29 is 0 Å². The highest BCUT2D eigenvalue weighted by Crippen LogP contribution is 2.56. The molecule has 274 valence electrons. The molecule has 12 rings (SSSR count). The Morgan fingerprint density at radius 3 is 1.47 bits per heavy atom. The molecule has 2 aliphatic carbocycles. The molecule has 0 unspecified atom stereocenters. The maximum absolute atomic E-state index is 2.53. The Morgan fingerprint density at radius 2 is 0.776 bits per heavy atom. The van der Waals surface area contributed by atoms with Crippen molar-refractivity contribution in [1.82, 2.24) is 0 Å². The summed E-state index contributed by atoms with van der Waals surface area (Å²) in [5, 5.41) is 10.4. The molecule has 0 aliphatic heterocycles. The topological polar surface area (TPSA) is 0 Å². The van der Waals surface area contributed by atoms with Crippen LogP contribution < -0.4 is 0 Å². The fraction of sp³-hybridized carbons (Fsp3) is 0.103. The molecule has 2 aliphatic rings. The first-order chi connectivity index (χ1) is 28.3. The van der Waals surface area contributed by atoms with Gasteiger partial charge in [0.1, 0.15) is 0 Å². The van der Waals surface area contributed by atoms with Gasteiger partial charge in [-0.25, -0.2) is 0 Å². The molecule has 0 amide bonds. The molecule has 0 spiro atoms. The smallest absolute Gasteiger partial charge is 0.0165 e. The van der Waals surface area contributed by atoms with Gasteiger partial charge in [0.2, 0.25) is 0 Å². The van der Waals surface area contributed by atoms with E-state index in [0.29, 0.717) is 0 Å². The summed E-state index contributed by atoms with van der Waals surface area (Å²) in [7, 11) is 0. The van der Waals surface area contributed by atoms with Gasteiger partial charge in [-0.3, -0.25) is 0 Å². The van der Waals surface area contributed by atoms with Crippen molar-refractivity contribution in [2.45, 2.75) is 38.5 Å². The molecule has 0 radical (unpaired) electrons. The highest BCUT2D eigenvalue weighted by Gasteiger charge is 2.39. The molecule has 0 nitrogen and oxygen atoms in total. The predicted octanol–water partition coefficient (Wildman–Crippen LogP) is 15.9. The van der Waals surface area contributed by atoms with Gasteiger partial charge in [-0.15, -0.1) is 0 Å². The van der Waals surface area contributed by atoms with Crippen molar-refractivity contribution >= 4 is 43.1 Å². The molecule has 0 atom stereocenters. The summed E-state index contributed by atoms with van der Waals surface area (Å²) in [4.78, 5) is 0. The van der Waals surface area contributed by atoms with Gasteiger partial charge in [-0.1, -0.05) is 204 Å². The quantitative estimate of drug-likeness (QED) is 0.158. The van der Waals surface area contributed by atoms with Gasteiger partial charge in [0.05, 0.1) is 0 Å². The summed E-state index contributed by atoms with van der Waals surface area (Å²) in [6.45, 7) is 9.58. The SMILES string of the molecule is CC1(C)c2ccccc2-c2c1cc(-c1c3ccccc3c(-c3ccc(-c4cccc5c4C(C)(C)c4ccc6ccccc6c4-5)cc3)c3ccccc13)c1ccccc21. The standard InChI is InChI=1S/C58H42/c1-57(2)49-27-14-13-24-46(49)55-41-19-8-7-18-40(41)48(34-51(55)57)53-44-22-11-9-20-42(44)52(43-21-10-12-23-45(43)53)37-30-28-36(29-31-37)39-25-15-26-47-54-38-17-6-5-16-35(38)32-33-50(54)58(3,4)56(39)47/h5-34H,1-4H3. The number of fused-ring (bicyclic) bond motifs is 12. The van der Waals surface area contributed by atoms with Crippen molar-refractivity contribution in [1.29, 1.82) is 0 Å². The highest BCUT2D eigenvalue weighted by molar-refractivity contribution is 6.24. The lowest BCUT2D eigenvalue weighted by Crippen LogP contribution is -2.16. The molecule has 0 fully saturated rings. The van der Waals surface area contributed by atoms with Gasteiger partial charge in [-0.2, -0.15) is 0 Å². The van der Waals surface area contributed by atoms with Crippen molar-refractivity contribution in [3.8, 4) is 55.6 Å². The molecular weight excluding hydrogens is 697 g/mol. The van der Waals surface area contributed by atoms with E-state index in [2.05, 4.69) is 210 Å². The molecule has 0 N–H and O–H groups in total. The van der Waals surface area contributed by atoms with Gasteiger partial charge >= 0.3 is 0 Å². The van der Waals surface area contributed by atoms with Crippen LogP contribution in [-0.4, -0.2) is 0 Å². The lowest BCUT2D eigenvalue weighted by molar-refractivity contribution is 0.661. The van der Waals surface area contributed by atoms with Gasteiger partial charge in [0.25, 0.3) is 0 Å². The van der Waals surface area contributed by atoms with E-state index < -0.39 is 0 Å². The van der Waals surface area contributed by atoms with Gasteiger partial charge < -0.3 is 0 Å². The maximum Gasteiger partial charge on any atom is 0.0165 e. The summed E-state index contributed by atoms with van der Waals surface area (Å²) in [5.41, 5.74) is 18.6. The van der Waals surface area contributed by atoms with Crippen LogP contribution in [0, 0.1) is 0 Å². The number of hydrogen-bond donors (Lipinski definition) is 0. The lowest BCUT2D eigenvalue weighted by atomic mass is 9.78. The first-order valence-electron chi connectivity index (χ1n) is 20.7. The van der Waals surface area contributed by atoms with E-state index in [0.717, 1.165) is 0 Å². The van der Waals surface area contributed by atoms with E-state index in [4.69, 9.17) is 0 Å². The number of benzene rings is 10. The van der Waals surface area contributed by atoms with E-state index in [1.807, 2.05) is 0 Å². The monoisotopic (exact) mass is 738 g/mol. The average molecular weight is 739 g/mol. The zero-order chi connectivity index (χ0) is 38.9. The molecule has 0 saturated heterocycles. The number of hydrogen-bond acceptors (Lipinski definition) is 0. The lowest BCUT2D eigenvalue weighted by Gasteiger charge is -2.25. The third kappa shape index (κ3) is 4.41. The van der Waals surface area contributed by atoms with Gasteiger partial charge in [-0.05, 0) is 127 Å². The zero-order valence-corrected chi connectivity index (χ0v) is 33.3. The largest absolute Gasteiger partial charge is 0.0619 e. The van der Waals surface area contributed by atoms with Crippen LogP contribution in [0.1, 0.15) is 49.9 Å². The van der Waals surface area contributed by atoms with Crippen LogP contribution >= 0.6 is 0 Å². The van der Waals surface area contributed by atoms with Gasteiger partial charge in [0, 0.05) is 10.8 Å². The Morgan fingerprint density at radius 1 is 0.276 bits per heavy atom. The second kappa shape index (κ2) is 11.9. The minimum absolute atomic E-state index is 0.108. The minimum Gasteiger partial charge on any atom is -0.0619 e. The first kappa shape index (κ1) is 33.4. The van der Waals surface area contributed by atoms with Crippen LogP contribution in [0.15, 0.2) is 182 Å². The summed E-state index contributed by atoms with van der Waals surface area (Å²) in [5.74, 6) is 0. The van der Waals surface area contributed by atoms with Crippen LogP contribution in [0.3, 0.4) is 0 Å². The van der Waals surface area contributed by atoms with Crippen LogP contribution in [-0.2, 0) is 10.8 Å². The van der Waals surface area contributed by atoms with E-state index in [1.165, 1.54) is 121 Å². The van der Waals surface area contributed by atoms with Crippen LogP contribution in [0.4, 0.5) is 0 Å². The molecule has 10 aromatic rings. The molecular formula is C58H42. The molecule has 0 saturated carbocycles. The predicted molar refractivity (Wildman–Crippen MR) is 248 cm³/mol. The van der Waals surface area contributed by atoms with Crippen LogP contribution in [0.2, 0.25) is 0 Å². The molecule has 10 aromatic carbocycles. The number of rotatable bonds is 3. The Bertz CT molecular complexity index is 3320. The van der Waals surface area contributed by atoms with Crippen molar-refractivity contribution in [3.63, 3.8) is 0 Å². The molecule has 0 aromatic heterocycles. The fourth-order valence-corrected chi connectivity index (χ4v) is 11.2. The second-order valence-corrected chi connectivity index (χ2v) is 17.5. The molecule has 0 bridgehead atoms. The van der Waals surface area contributed by atoms with E-state index in [9.17, 15) is 0 Å². The summed E-state index contributed by atoms with van der Waals surface area (Å²) in [6, 6.07) is 68.6. The Balaban J connectivity index is 1.06. The van der Waals surface area contributed by atoms with Crippen molar-refractivity contribution in [3.05, 3.63) is 204 Å². The molecule has 58 heavy (non-hydrogen) atoms. The van der Waals surface area contributed by atoms with E-state index >= 15 is 0 Å². The highest BCUT2D eigenvalue weighted by atomic mass is 14.4. The normalized spacial score (nSPS) is 14.5. The first-order valence-corrected chi connectivity index (χ1v) is 20.7. The van der Waals surface area contributed by atoms with Crippen molar-refractivity contribution in [2.24, 2.45) is 0 Å². The minimum atomic E-state index is -0.119. The Kier molecular flexibility index (Phi) is 6.84. The van der Waals surface area contributed by atoms with Crippen LogP contribution in [0.25, 0.3) is 98.7 Å². The molecule has 0 heteroatoms. The third-order valence-corrected chi connectivity index (χ3v) is 13.8. The maximum atomic E-state index is 2.53. The summed E-state index contributed by atoms with van der Waals surface area (Å²) >= 11 is 0. The Hall–Kier alpha value is -6.76. The summed E-state index contributed by atoms with van der Waals surface area (Å²) in [6.07, 6.45) is 0. The van der Waals surface area contributed by atoms with E-state index in [-0.39, 0.29) is 10.8 Å². The summed E-state index contributed by atoms with van der Waals surface area (Å²) < 4.78 is 0. The van der Waals surface area contributed by atoms with Gasteiger partial charge in [0.15, 0.2) is 0 Å². The van der Waals surface area contributed by atoms with E-state index in [1.54, 1.807) is 0 Å². The fourth-order valence-electron chi connectivity index (χ4n) is 11.2. The van der Waals surface area contributed by atoms with Crippen LogP contribution in [0.5, 0.6) is 0 Å².